The van der Waals surface area contributed by atoms with Crippen molar-refractivity contribution in [2.45, 2.75) is 11.6 Å². The monoisotopic (exact) mass is 377 g/mol. The summed E-state index contributed by atoms with van der Waals surface area (Å²) in [4.78, 5) is 24.7. The molecule has 3 rings (SSSR count). The molecule has 130 valence electrons. The zero-order valence-electron chi connectivity index (χ0n) is 13.3. The van der Waals surface area contributed by atoms with E-state index < -0.39 is 5.91 Å². The fraction of sp³-hybridized carbons (Fsp3) is 0.200. The molecule has 0 fully saturated rings. The van der Waals surface area contributed by atoms with Crippen molar-refractivity contribution in [3.05, 3.63) is 52.4 Å². The number of nitrogens with one attached hydrogen (secondary N) is 2. The molecule has 0 unspecified atom stereocenters. The van der Waals surface area contributed by atoms with Crippen molar-refractivity contribution < 1.29 is 14.0 Å². The van der Waals surface area contributed by atoms with Gasteiger partial charge in [-0.05, 0) is 23.6 Å². The van der Waals surface area contributed by atoms with Crippen molar-refractivity contribution in [2.75, 3.05) is 5.75 Å². The van der Waals surface area contributed by atoms with E-state index in [1.165, 1.54) is 29.0 Å². The van der Waals surface area contributed by atoms with Crippen LogP contribution in [0.2, 0.25) is 0 Å². The maximum atomic E-state index is 11.8. The van der Waals surface area contributed by atoms with Crippen molar-refractivity contribution in [2.24, 2.45) is 7.05 Å². The summed E-state index contributed by atoms with van der Waals surface area (Å²) < 4.78 is 6.79. The number of aromatic nitrogens is 3. The maximum absolute atomic E-state index is 11.8. The van der Waals surface area contributed by atoms with Crippen molar-refractivity contribution in [3.8, 4) is 0 Å². The summed E-state index contributed by atoms with van der Waals surface area (Å²) in [5, 5.41) is 10.9. The molecule has 0 bridgehead atoms. The Morgan fingerprint density at radius 3 is 2.88 bits per heavy atom. The normalized spacial score (nSPS) is 10.6. The van der Waals surface area contributed by atoms with Gasteiger partial charge in [-0.1, -0.05) is 17.8 Å². The molecule has 0 atom stereocenters. The van der Waals surface area contributed by atoms with Crippen LogP contribution < -0.4 is 10.9 Å². The number of thioether (sulfide) groups is 1. The van der Waals surface area contributed by atoms with Gasteiger partial charge < -0.3 is 8.98 Å². The molecule has 0 saturated carbocycles. The number of hydrogen-bond acceptors (Lipinski definition) is 7. The lowest BCUT2D eigenvalue weighted by molar-refractivity contribution is -0.119. The Bertz CT molecular complexity index is 843. The molecule has 2 N–H and O–H groups in total. The molecule has 2 amide bonds. The van der Waals surface area contributed by atoms with Gasteiger partial charge >= 0.3 is 5.91 Å². The number of rotatable bonds is 6. The highest BCUT2D eigenvalue weighted by Gasteiger charge is 2.13. The summed E-state index contributed by atoms with van der Waals surface area (Å²) in [7, 11) is 1.86. The van der Waals surface area contributed by atoms with Gasteiger partial charge in [0.2, 0.25) is 5.91 Å². The van der Waals surface area contributed by atoms with E-state index >= 15 is 0 Å². The van der Waals surface area contributed by atoms with Crippen LogP contribution in [0.3, 0.4) is 0 Å². The molecular formula is C15H15N5O3S2. The lowest BCUT2D eigenvalue weighted by Crippen LogP contribution is -2.42. The predicted octanol–water partition coefficient (Wildman–Crippen LogP) is 1.61. The average Bonchev–Trinajstić information content (AvgIpc) is 3.35. The SMILES string of the molecule is Cn1c(Cc2cccs2)nnc1SCC(=O)NNC(=O)c1ccco1. The number of hydrazine groups is 1. The van der Waals surface area contributed by atoms with Gasteiger partial charge in [-0.3, -0.25) is 20.4 Å². The largest absolute Gasteiger partial charge is 0.459 e. The first-order valence-corrected chi connectivity index (χ1v) is 9.16. The molecule has 8 nitrogen and oxygen atoms in total. The quantitative estimate of drug-likeness (QED) is 0.500. The first-order chi connectivity index (χ1) is 12.1. The van der Waals surface area contributed by atoms with Gasteiger partial charge in [0.15, 0.2) is 10.9 Å². The number of furan rings is 1. The summed E-state index contributed by atoms with van der Waals surface area (Å²) in [6.07, 6.45) is 2.08. The van der Waals surface area contributed by atoms with Crippen molar-refractivity contribution in [3.63, 3.8) is 0 Å². The first-order valence-electron chi connectivity index (χ1n) is 7.29. The Morgan fingerprint density at radius 2 is 2.16 bits per heavy atom. The molecule has 3 aromatic heterocycles. The van der Waals surface area contributed by atoms with E-state index in [1.54, 1.807) is 17.4 Å². The lowest BCUT2D eigenvalue weighted by atomic mass is 10.3. The van der Waals surface area contributed by atoms with E-state index in [2.05, 4.69) is 21.0 Å². The molecule has 10 heteroatoms. The van der Waals surface area contributed by atoms with Crippen LogP contribution in [-0.4, -0.2) is 32.3 Å². The Balaban J connectivity index is 1.47. The van der Waals surface area contributed by atoms with Crippen molar-refractivity contribution in [1.29, 1.82) is 0 Å². The van der Waals surface area contributed by atoms with Crippen LogP contribution in [0.5, 0.6) is 0 Å². The van der Waals surface area contributed by atoms with E-state index in [0.29, 0.717) is 11.6 Å². The van der Waals surface area contributed by atoms with Gasteiger partial charge in [-0.15, -0.1) is 21.5 Å². The summed E-state index contributed by atoms with van der Waals surface area (Å²) in [5.41, 5.74) is 4.61. The smallest absolute Gasteiger partial charge is 0.305 e. The van der Waals surface area contributed by atoms with Gasteiger partial charge in [0.1, 0.15) is 5.82 Å². The number of thiophene rings is 1. The summed E-state index contributed by atoms with van der Waals surface area (Å²) in [5.74, 6) is 0.188. The molecular weight excluding hydrogens is 362 g/mol. The van der Waals surface area contributed by atoms with E-state index in [4.69, 9.17) is 4.42 Å². The Labute approximate surface area is 151 Å². The molecule has 0 radical (unpaired) electrons. The lowest BCUT2D eigenvalue weighted by Gasteiger charge is -2.06. The van der Waals surface area contributed by atoms with Crippen molar-refractivity contribution >= 4 is 34.9 Å². The van der Waals surface area contributed by atoms with Gasteiger partial charge in [-0.25, -0.2) is 0 Å². The second kappa shape index (κ2) is 7.99. The first kappa shape index (κ1) is 17.2. The molecule has 0 aromatic carbocycles. The fourth-order valence-electron chi connectivity index (χ4n) is 1.96. The van der Waals surface area contributed by atoms with Crippen molar-refractivity contribution in [1.82, 2.24) is 25.6 Å². The van der Waals surface area contributed by atoms with Gasteiger partial charge in [0.25, 0.3) is 0 Å². The number of nitrogens with zero attached hydrogens (tertiary/aromatic N) is 3. The van der Waals surface area contributed by atoms with E-state index in [1.807, 2.05) is 29.1 Å². The Kier molecular flexibility index (Phi) is 5.51. The summed E-state index contributed by atoms with van der Waals surface area (Å²) in [6.45, 7) is 0. The number of hydrogen-bond donors (Lipinski definition) is 2. The highest BCUT2D eigenvalue weighted by molar-refractivity contribution is 7.99. The topological polar surface area (TPSA) is 102 Å². The summed E-state index contributed by atoms with van der Waals surface area (Å²) >= 11 is 2.91. The average molecular weight is 377 g/mol. The third kappa shape index (κ3) is 4.48. The minimum Gasteiger partial charge on any atom is -0.459 e. The number of carbonyl (C=O) groups is 2. The minimum absolute atomic E-state index is 0.101. The number of carbonyl (C=O) groups excluding carboxylic acids is 2. The van der Waals surface area contributed by atoms with Gasteiger partial charge in [-0.2, -0.15) is 0 Å². The fourth-order valence-corrected chi connectivity index (χ4v) is 3.39. The standard InChI is InChI=1S/C15H15N5O3S2/c1-20-12(8-10-4-3-7-24-10)16-19-15(20)25-9-13(21)17-18-14(22)11-5-2-6-23-11/h2-7H,8-9H2,1H3,(H,17,21)(H,18,22). The third-order valence-electron chi connectivity index (χ3n) is 3.23. The predicted molar refractivity (Wildman–Crippen MR) is 93.2 cm³/mol. The van der Waals surface area contributed by atoms with E-state index in [-0.39, 0.29) is 17.4 Å². The Hall–Kier alpha value is -2.59. The van der Waals surface area contributed by atoms with Crippen LogP contribution in [0.1, 0.15) is 21.3 Å². The van der Waals surface area contributed by atoms with Crippen LogP contribution in [0.4, 0.5) is 0 Å². The molecule has 25 heavy (non-hydrogen) atoms. The van der Waals surface area contributed by atoms with Crippen LogP contribution in [-0.2, 0) is 18.3 Å². The molecule has 0 spiro atoms. The zero-order valence-corrected chi connectivity index (χ0v) is 14.9. The van der Waals surface area contributed by atoms with Crippen LogP contribution >= 0.6 is 23.1 Å². The molecule has 3 aromatic rings. The van der Waals surface area contributed by atoms with E-state index in [0.717, 1.165) is 5.82 Å². The Morgan fingerprint density at radius 1 is 1.28 bits per heavy atom. The summed E-state index contributed by atoms with van der Waals surface area (Å²) in [6, 6.07) is 7.13. The molecule has 0 aliphatic rings. The van der Waals surface area contributed by atoms with Gasteiger partial charge in [0, 0.05) is 18.3 Å². The minimum atomic E-state index is -0.514. The van der Waals surface area contributed by atoms with Gasteiger partial charge in [0.05, 0.1) is 12.0 Å². The molecule has 0 aliphatic heterocycles. The van der Waals surface area contributed by atoms with Crippen LogP contribution in [0.15, 0.2) is 45.5 Å². The van der Waals surface area contributed by atoms with Crippen LogP contribution in [0.25, 0.3) is 0 Å². The highest BCUT2D eigenvalue weighted by atomic mass is 32.2. The van der Waals surface area contributed by atoms with E-state index in [9.17, 15) is 9.59 Å². The highest BCUT2D eigenvalue weighted by Crippen LogP contribution is 2.18. The maximum Gasteiger partial charge on any atom is 0.305 e. The second-order valence-electron chi connectivity index (χ2n) is 4.98. The molecule has 0 saturated heterocycles. The third-order valence-corrected chi connectivity index (χ3v) is 5.13. The number of amides is 2. The molecule has 3 heterocycles. The van der Waals surface area contributed by atoms with Crippen LogP contribution in [0, 0.1) is 0 Å². The molecule has 0 aliphatic carbocycles. The zero-order chi connectivity index (χ0) is 17.6. The second-order valence-corrected chi connectivity index (χ2v) is 6.96.